The van der Waals surface area contributed by atoms with Crippen molar-refractivity contribution in [3.8, 4) is 0 Å². The first kappa shape index (κ1) is 15.2. The van der Waals surface area contributed by atoms with E-state index in [1.54, 1.807) is 12.1 Å². The maximum absolute atomic E-state index is 12.3. The van der Waals surface area contributed by atoms with E-state index in [-0.39, 0.29) is 11.8 Å². The predicted molar refractivity (Wildman–Crippen MR) is 85.9 cm³/mol. The molecule has 0 aromatic heterocycles. The minimum atomic E-state index is -0.134. The van der Waals surface area contributed by atoms with E-state index < -0.39 is 0 Å². The zero-order valence-corrected chi connectivity index (χ0v) is 13.3. The molecule has 4 nitrogen and oxygen atoms in total. The van der Waals surface area contributed by atoms with Gasteiger partial charge in [0.2, 0.25) is 0 Å². The van der Waals surface area contributed by atoms with Crippen molar-refractivity contribution in [2.45, 2.75) is 32.6 Å². The summed E-state index contributed by atoms with van der Waals surface area (Å²) in [5, 5.41) is 0. The van der Waals surface area contributed by atoms with E-state index in [4.69, 9.17) is 0 Å². The largest absolute Gasteiger partial charge is 0.303 e. The van der Waals surface area contributed by atoms with Crippen LogP contribution >= 0.6 is 0 Å². The predicted octanol–water partition coefficient (Wildman–Crippen LogP) is 2.79. The second kappa shape index (κ2) is 6.61. The lowest BCUT2D eigenvalue weighted by Gasteiger charge is -2.22. The lowest BCUT2D eigenvalue weighted by atomic mass is 10.1. The average Bonchev–Trinajstić information content (AvgIpc) is 3.30. The molecule has 1 aromatic carbocycles. The second-order valence-corrected chi connectivity index (χ2v) is 6.41. The molecule has 0 saturated heterocycles. The molecule has 118 valence electrons. The zero-order chi connectivity index (χ0) is 15.5. The monoisotopic (exact) mass is 300 g/mol. The smallest absolute Gasteiger partial charge is 0.261 e. The van der Waals surface area contributed by atoms with Crippen molar-refractivity contribution < 1.29 is 9.59 Å². The fourth-order valence-electron chi connectivity index (χ4n) is 3.17. The maximum Gasteiger partial charge on any atom is 0.261 e. The van der Waals surface area contributed by atoms with Crippen molar-refractivity contribution >= 4 is 11.8 Å². The fourth-order valence-corrected chi connectivity index (χ4v) is 3.17. The van der Waals surface area contributed by atoms with Crippen molar-refractivity contribution in [3.05, 3.63) is 35.4 Å². The Labute approximate surface area is 132 Å². The number of carbonyl (C=O) groups excluding carboxylic acids is 2. The van der Waals surface area contributed by atoms with Crippen LogP contribution in [0.15, 0.2) is 24.3 Å². The SMILES string of the molecule is CCCN(CCCN1C(=O)c2ccccc2C1=O)CC1CC1. The molecular weight excluding hydrogens is 276 g/mol. The van der Waals surface area contributed by atoms with E-state index in [0.717, 1.165) is 31.8 Å². The summed E-state index contributed by atoms with van der Waals surface area (Å²) in [5.41, 5.74) is 1.10. The molecule has 1 saturated carbocycles. The zero-order valence-electron chi connectivity index (χ0n) is 13.3. The number of hydrogen-bond donors (Lipinski definition) is 0. The number of amides is 2. The van der Waals surface area contributed by atoms with E-state index in [1.165, 1.54) is 24.3 Å². The summed E-state index contributed by atoms with van der Waals surface area (Å²) < 4.78 is 0. The second-order valence-electron chi connectivity index (χ2n) is 6.41. The van der Waals surface area contributed by atoms with Gasteiger partial charge < -0.3 is 4.90 Å². The average molecular weight is 300 g/mol. The third-order valence-corrected chi connectivity index (χ3v) is 4.49. The highest BCUT2D eigenvalue weighted by atomic mass is 16.2. The van der Waals surface area contributed by atoms with Gasteiger partial charge in [0, 0.05) is 13.1 Å². The summed E-state index contributed by atoms with van der Waals surface area (Å²) in [6.07, 6.45) is 4.73. The van der Waals surface area contributed by atoms with Gasteiger partial charge in [-0.15, -0.1) is 0 Å². The molecule has 0 spiro atoms. The van der Waals surface area contributed by atoms with Gasteiger partial charge in [-0.2, -0.15) is 0 Å². The molecule has 4 heteroatoms. The van der Waals surface area contributed by atoms with Crippen LogP contribution in [-0.2, 0) is 0 Å². The minimum absolute atomic E-state index is 0.134. The van der Waals surface area contributed by atoms with Crippen LogP contribution < -0.4 is 0 Å². The molecule has 22 heavy (non-hydrogen) atoms. The van der Waals surface area contributed by atoms with Crippen LogP contribution in [0.3, 0.4) is 0 Å². The van der Waals surface area contributed by atoms with Crippen LogP contribution in [-0.4, -0.2) is 47.8 Å². The molecule has 0 unspecified atom stereocenters. The van der Waals surface area contributed by atoms with Crippen molar-refractivity contribution in [1.82, 2.24) is 9.80 Å². The van der Waals surface area contributed by atoms with E-state index in [9.17, 15) is 9.59 Å². The summed E-state index contributed by atoms with van der Waals surface area (Å²) in [4.78, 5) is 28.5. The minimum Gasteiger partial charge on any atom is -0.303 e. The van der Waals surface area contributed by atoms with Crippen LogP contribution in [0.2, 0.25) is 0 Å². The normalized spacial score (nSPS) is 17.5. The lowest BCUT2D eigenvalue weighted by molar-refractivity contribution is 0.0647. The number of rotatable bonds is 8. The molecule has 3 rings (SSSR count). The van der Waals surface area contributed by atoms with Gasteiger partial charge in [0.1, 0.15) is 0 Å². The first-order chi connectivity index (χ1) is 10.7. The first-order valence-electron chi connectivity index (χ1n) is 8.38. The highest BCUT2D eigenvalue weighted by Gasteiger charge is 2.34. The molecule has 0 atom stereocenters. The Bertz CT molecular complexity index is 531. The van der Waals surface area contributed by atoms with Gasteiger partial charge in [-0.3, -0.25) is 14.5 Å². The Balaban J connectivity index is 1.53. The summed E-state index contributed by atoms with van der Waals surface area (Å²) >= 11 is 0. The summed E-state index contributed by atoms with van der Waals surface area (Å²) in [6, 6.07) is 7.11. The quantitative estimate of drug-likeness (QED) is 0.693. The number of carbonyl (C=O) groups is 2. The van der Waals surface area contributed by atoms with E-state index in [0.29, 0.717) is 17.7 Å². The number of imide groups is 1. The summed E-state index contributed by atoms with van der Waals surface area (Å²) in [5.74, 6) is 0.612. The fraction of sp³-hybridized carbons (Fsp3) is 0.556. The van der Waals surface area contributed by atoms with Gasteiger partial charge in [0.05, 0.1) is 11.1 Å². The molecule has 1 aromatic rings. The van der Waals surface area contributed by atoms with Crippen molar-refractivity contribution in [1.29, 1.82) is 0 Å². The number of benzene rings is 1. The first-order valence-corrected chi connectivity index (χ1v) is 8.38. The molecule has 0 radical (unpaired) electrons. The molecule has 1 heterocycles. The maximum atomic E-state index is 12.3. The van der Waals surface area contributed by atoms with E-state index >= 15 is 0 Å². The Kier molecular flexibility index (Phi) is 4.57. The van der Waals surface area contributed by atoms with Gasteiger partial charge in [0.15, 0.2) is 0 Å². The lowest BCUT2D eigenvalue weighted by Crippen LogP contribution is -2.34. The molecule has 1 aliphatic carbocycles. The van der Waals surface area contributed by atoms with E-state index in [2.05, 4.69) is 11.8 Å². The number of nitrogens with zero attached hydrogens (tertiary/aromatic N) is 2. The van der Waals surface area contributed by atoms with Gasteiger partial charge in [-0.05, 0) is 56.8 Å². The van der Waals surface area contributed by atoms with Crippen LogP contribution in [0.4, 0.5) is 0 Å². The standard InChI is InChI=1S/C18H24N2O2/c1-2-10-19(13-14-8-9-14)11-5-12-20-17(21)15-6-3-4-7-16(15)18(20)22/h3-4,6-7,14H,2,5,8-13H2,1H3. The Morgan fingerprint density at radius 3 is 2.27 bits per heavy atom. The highest BCUT2D eigenvalue weighted by Crippen LogP contribution is 2.30. The van der Waals surface area contributed by atoms with Gasteiger partial charge >= 0.3 is 0 Å². The topological polar surface area (TPSA) is 40.6 Å². The van der Waals surface area contributed by atoms with Crippen LogP contribution in [0.5, 0.6) is 0 Å². The Hall–Kier alpha value is -1.68. The molecule has 0 bridgehead atoms. The Morgan fingerprint density at radius 1 is 1.09 bits per heavy atom. The van der Waals surface area contributed by atoms with Gasteiger partial charge in [-0.25, -0.2) is 0 Å². The molecule has 1 fully saturated rings. The molecule has 0 N–H and O–H groups in total. The molecular formula is C18H24N2O2. The third-order valence-electron chi connectivity index (χ3n) is 4.49. The van der Waals surface area contributed by atoms with Crippen LogP contribution in [0.1, 0.15) is 53.3 Å². The molecule has 2 aliphatic rings. The third kappa shape index (κ3) is 3.22. The number of fused-ring (bicyclic) bond motifs is 1. The highest BCUT2D eigenvalue weighted by molar-refractivity contribution is 6.21. The molecule has 1 aliphatic heterocycles. The Morgan fingerprint density at radius 2 is 1.73 bits per heavy atom. The van der Waals surface area contributed by atoms with Crippen molar-refractivity contribution in [3.63, 3.8) is 0 Å². The van der Waals surface area contributed by atoms with Crippen molar-refractivity contribution in [2.24, 2.45) is 5.92 Å². The number of hydrogen-bond acceptors (Lipinski definition) is 3. The molecule has 2 amide bonds. The van der Waals surface area contributed by atoms with Crippen molar-refractivity contribution in [2.75, 3.05) is 26.2 Å². The van der Waals surface area contributed by atoms with E-state index in [1.807, 2.05) is 12.1 Å². The van der Waals surface area contributed by atoms with Crippen LogP contribution in [0, 0.1) is 5.92 Å². The summed E-state index contributed by atoms with van der Waals surface area (Å²) in [7, 11) is 0. The van der Waals surface area contributed by atoms with Crippen LogP contribution in [0.25, 0.3) is 0 Å². The summed E-state index contributed by atoms with van der Waals surface area (Å²) in [6.45, 7) is 5.98. The van der Waals surface area contributed by atoms with Gasteiger partial charge in [0.25, 0.3) is 11.8 Å². The van der Waals surface area contributed by atoms with Gasteiger partial charge in [-0.1, -0.05) is 19.1 Å².